The minimum Gasteiger partial charge on any atom is -0.404 e. The van der Waals surface area contributed by atoms with Gasteiger partial charge in [0.05, 0.1) is 5.69 Å². The molecular weight excluding hydrogens is 507 g/mol. The number of rotatable bonds is 7. The smallest absolute Gasteiger partial charge is 0.404 e. The van der Waals surface area contributed by atoms with Crippen molar-refractivity contribution in [3.05, 3.63) is 75.2 Å². The van der Waals surface area contributed by atoms with Gasteiger partial charge in [0.1, 0.15) is 5.84 Å². The topological polar surface area (TPSA) is 133 Å². The molecule has 0 atom stereocenters. The average Bonchev–Trinajstić information content (AvgIpc) is 2.77. The third-order valence-corrected chi connectivity index (χ3v) is 4.94. The zero-order valence-corrected chi connectivity index (χ0v) is 18.5. The number of nitrogens with zero attached hydrogens (tertiary/aromatic N) is 3. The summed E-state index contributed by atoms with van der Waals surface area (Å²) in [5, 5.41) is 6.14. The minimum atomic E-state index is -4.90. The van der Waals surface area contributed by atoms with Crippen molar-refractivity contribution in [1.29, 1.82) is 0 Å². The van der Waals surface area contributed by atoms with Gasteiger partial charge >= 0.3 is 6.36 Å². The van der Waals surface area contributed by atoms with Crippen LogP contribution in [-0.2, 0) is 6.42 Å². The highest BCUT2D eigenvalue weighted by Gasteiger charge is 2.32. The van der Waals surface area contributed by atoms with Crippen LogP contribution in [0.4, 0.5) is 24.7 Å². The molecule has 0 spiro atoms. The van der Waals surface area contributed by atoms with Gasteiger partial charge in [-0.15, -0.1) is 13.2 Å². The monoisotopic (exact) mass is 525 g/mol. The fourth-order valence-electron chi connectivity index (χ4n) is 2.90. The molecule has 1 aromatic heterocycles. The summed E-state index contributed by atoms with van der Waals surface area (Å²) in [6.07, 6.45) is -0.970. The maximum Gasteiger partial charge on any atom is 0.573 e. The first kappa shape index (κ1) is 24.1. The Labute approximate surface area is 194 Å². The van der Waals surface area contributed by atoms with E-state index in [9.17, 15) is 18.0 Å². The number of aryl methyl sites for hydroxylation is 1. The van der Waals surface area contributed by atoms with Gasteiger partial charge < -0.3 is 21.3 Å². The largest absolute Gasteiger partial charge is 0.573 e. The van der Waals surface area contributed by atoms with E-state index in [0.29, 0.717) is 28.8 Å². The predicted octanol–water partition coefficient (Wildman–Crippen LogP) is 3.31. The van der Waals surface area contributed by atoms with Crippen molar-refractivity contribution >= 4 is 33.3 Å². The number of hydrogen-bond acceptors (Lipinski definition) is 7. The Morgan fingerprint density at radius 2 is 1.94 bits per heavy atom. The lowest BCUT2D eigenvalue weighted by molar-refractivity contribution is -0.274. The van der Waals surface area contributed by atoms with Crippen LogP contribution < -0.4 is 32.7 Å². The van der Waals surface area contributed by atoms with Crippen LogP contribution in [-0.4, -0.2) is 21.7 Å². The molecule has 33 heavy (non-hydrogen) atoms. The molecule has 13 heteroatoms. The van der Waals surface area contributed by atoms with E-state index in [1.165, 1.54) is 29.1 Å². The summed E-state index contributed by atoms with van der Waals surface area (Å²) in [5.41, 5.74) is 3.28. The van der Waals surface area contributed by atoms with E-state index in [-0.39, 0.29) is 11.5 Å². The Hall–Kier alpha value is -3.58. The highest BCUT2D eigenvalue weighted by atomic mass is 79.9. The van der Waals surface area contributed by atoms with Gasteiger partial charge in [0.15, 0.2) is 11.6 Å². The van der Waals surface area contributed by atoms with Crippen molar-refractivity contribution in [3.63, 3.8) is 0 Å². The lowest BCUT2D eigenvalue weighted by Gasteiger charge is -2.15. The maximum absolute atomic E-state index is 12.9. The van der Waals surface area contributed by atoms with Crippen molar-refractivity contribution in [1.82, 2.24) is 15.0 Å². The van der Waals surface area contributed by atoms with Gasteiger partial charge in [-0.3, -0.25) is 9.36 Å². The normalized spacial score (nSPS) is 11.8. The summed E-state index contributed by atoms with van der Waals surface area (Å²) in [6, 6.07) is 11.1. The highest BCUT2D eigenvalue weighted by Crippen LogP contribution is 2.34. The van der Waals surface area contributed by atoms with Crippen molar-refractivity contribution in [2.75, 3.05) is 5.32 Å². The van der Waals surface area contributed by atoms with Crippen LogP contribution in [0.25, 0.3) is 5.69 Å². The predicted molar refractivity (Wildman–Crippen MR) is 121 cm³/mol. The first-order valence-corrected chi connectivity index (χ1v) is 10.2. The second-order valence-electron chi connectivity index (χ2n) is 6.65. The Morgan fingerprint density at radius 1 is 1.21 bits per heavy atom. The number of nitrogens with two attached hydrogens (primary N) is 2. The van der Waals surface area contributed by atoms with Gasteiger partial charge in [-0.2, -0.15) is 5.10 Å². The Balaban J connectivity index is 1.84. The molecule has 0 radical (unpaired) electrons. The van der Waals surface area contributed by atoms with E-state index < -0.39 is 17.7 Å². The van der Waals surface area contributed by atoms with Gasteiger partial charge in [0, 0.05) is 29.0 Å². The number of ether oxygens (including phenoxy) is 1. The van der Waals surface area contributed by atoms with E-state index in [0.717, 1.165) is 11.6 Å². The summed E-state index contributed by atoms with van der Waals surface area (Å²) in [6.45, 7) is 0. The summed E-state index contributed by atoms with van der Waals surface area (Å²) in [7, 11) is 0. The number of hydrazone groups is 1. The zero-order chi connectivity index (χ0) is 24.0. The molecule has 0 aliphatic carbocycles. The van der Waals surface area contributed by atoms with Crippen molar-refractivity contribution in [3.8, 4) is 11.4 Å². The average molecular weight is 526 g/mol. The summed E-state index contributed by atoms with van der Waals surface area (Å²) in [5.74, 6) is 10.3. The lowest BCUT2D eigenvalue weighted by Crippen LogP contribution is -2.31. The fraction of sp³-hybridized carbons (Fsp3) is 0.150. The molecule has 0 saturated carbocycles. The van der Waals surface area contributed by atoms with E-state index >= 15 is 0 Å². The number of anilines is 2. The van der Waals surface area contributed by atoms with Crippen LogP contribution in [0.2, 0.25) is 0 Å². The third kappa shape index (κ3) is 6.46. The molecule has 0 bridgehead atoms. The third-order valence-electron chi connectivity index (χ3n) is 4.45. The summed E-state index contributed by atoms with van der Waals surface area (Å²) in [4.78, 5) is 16.9. The first-order chi connectivity index (χ1) is 15.7. The van der Waals surface area contributed by atoms with Gasteiger partial charge in [0.2, 0.25) is 0 Å². The second kappa shape index (κ2) is 10.4. The number of halogens is 4. The molecule has 0 aliphatic rings. The molecule has 0 saturated heterocycles. The first-order valence-electron chi connectivity index (χ1n) is 9.43. The molecule has 0 fully saturated rings. The van der Waals surface area contributed by atoms with E-state index in [1.54, 1.807) is 12.1 Å². The van der Waals surface area contributed by atoms with Crippen LogP contribution in [0.3, 0.4) is 0 Å². The SMILES string of the molecule is N/N=C(/CCc1ccc(-n2ccnc(Nc3ccc(Br)cc3OC(F)(F)F)c2=O)cc1)NN. The molecule has 0 unspecified atom stereocenters. The van der Waals surface area contributed by atoms with Crippen LogP contribution in [0.15, 0.2) is 69.2 Å². The molecular formula is C20H19BrF3N7O2. The Bertz CT molecular complexity index is 1200. The van der Waals surface area contributed by atoms with Gasteiger partial charge in [-0.1, -0.05) is 28.1 Å². The quantitative estimate of drug-likeness (QED) is 0.161. The number of amidine groups is 1. The second-order valence-corrected chi connectivity index (χ2v) is 7.57. The molecule has 2 aromatic carbocycles. The van der Waals surface area contributed by atoms with Crippen LogP contribution in [0, 0.1) is 0 Å². The van der Waals surface area contributed by atoms with Crippen molar-refractivity contribution < 1.29 is 17.9 Å². The number of nitrogens with one attached hydrogen (secondary N) is 2. The van der Waals surface area contributed by atoms with E-state index in [1.807, 2.05) is 12.1 Å². The summed E-state index contributed by atoms with van der Waals surface area (Å²) < 4.78 is 44.0. The number of alkyl halides is 3. The van der Waals surface area contributed by atoms with Crippen LogP contribution >= 0.6 is 15.9 Å². The number of hydrazine groups is 1. The molecule has 3 aromatic rings. The van der Waals surface area contributed by atoms with Crippen LogP contribution in [0.5, 0.6) is 5.75 Å². The highest BCUT2D eigenvalue weighted by molar-refractivity contribution is 9.10. The molecule has 0 aliphatic heterocycles. The van der Waals surface area contributed by atoms with Gasteiger partial charge in [0.25, 0.3) is 5.56 Å². The zero-order valence-electron chi connectivity index (χ0n) is 16.9. The molecule has 0 amide bonds. The number of hydrogen-bond donors (Lipinski definition) is 4. The summed E-state index contributed by atoms with van der Waals surface area (Å²) >= 11 is 3.10. The Morgan fingerprint density at radius 3 is 2.58 bits per heavy atom. The lowest BCUT2D eigenvalue weighted by atomic mass is 10.1. The molecule has 6 N–H and O–H groups in total. The Kier molecular flexibility index (Phi) is 7.55. The number of benzene rings is 2. The van der Waals surface area contributed by atoms with Crippen molar-refractivity contribution in [2.45, 2.75) is 19.2 Å². The molecule has 1 heterocycles. The molecule has 3 rings (SSSR count). The molecule has 9 nitrogen and oxygen atoms in total. The van der Waals surface area contributed by atoms with E-state index in [2.05, 4.69) is 41.5 Å². The van der Waals surface area contributed by atoms with E-state index in [4.69, 9.17) is 11.7 Å². The number of aromatic nitrogens is 2. The van der Waals surface area contributed by atoms with Crippen molar-refractivity contribution in [2.24, 2.45) is 16.8 Å². The van der Waals surface area contributed by atoms with Crippen LogP contribution in [0.1, 0.15) is 12.0 Å². The minimum absolute atomic E-state index is 0.0703. The standard InChI is InChI=1S/C20H19BrF3N7O2/c21-13-4-7-15(16(11-13)33-20(22,23)24)28-18-19(32)31(10-9-27-18)14-5-1-12(2-6-14)3-8-17(29-25)30-26/h1-2,4-7,9-11H,3,8,25-26H2,(H,27,28)(H,29,30). The van der Waals surface area contributed by atoms with Gasteiger partial charge in [-0.05, 0) is 42.3 Å². The maximum atomic E-state index is 12.9. The fourth-order valence-corrected chi connectivity index (χ4v) is 3.24. The van der Waals surface area contributed by atoms with Gasteiger partial charge in [-0.25, -0.2) is 10.8 Å². The molecule has 174 valence electrons.